The minimum Gasteiger partial charge on any atom is -0.469 e. The molecule has 4 aliphatic rings. The molecule has 0 aliphatic heterocycles. The molecule has 0 aromatic carbocycles. The van der Waals surface area contributed by atoms with Crippen LogP contribution in [-0.4, -0.2) is 25.7 Å². The molecule has 0 bridgehead atoms. The second-order valence-electron chi connectivity index (χ2n) is 9.50. The molecular weight excluding hydrogens is 328 g/mol. The number of carbonyl (C=O) groups is 2. The standard InChI is InChI=1S/C22H32O4/c1-21-10-8-15(26-13-23)12-14(21)4-5-16-17-6-7-19(20(24)25-3)22(17,2)11-9-18(16)21/h13-15,18-19H,4-12H2,1-3H3/t14-,15+,18+,19-,21+,22+/m1/s1. The third-order valence-electron chi connectivity index (χ3n) is 8.68. The molecule has 0 saturated heterocycles. The highest BCUT2D eigenvalue weighted by Gasteiger charge is 2.56. The predicted molar refractivity (Wildman–Crippen MR) is 98.2 cm³/mol. The van der Waals surface area contributed by atoms with Gasteiger partial charge in [0.1, 0.15) is 6.10 Å². The van der Waals surface area contributed by atoms with E-state index < -0.39 is 0 Å². The van der Waals surface area contributed by atoms with Gasteiger partial charge in [0.05, 0.1) is 13.0 Å². The summed E-state index contributed by atoms with van der Waals surface area (Å²) < 4.78 is 10.4. The molecule has 4 rings (SSSR count). The van der Waals surface area contributed by atoms with Crippen molar-refractivity contribution in [1.29, 1.82) is 0 Å². The molecule has 0 amide bonds. The maximum absolute atomic E-state index is 12.3. The summed E-state index contributed by atoms with van der Waals surface area (Å²) in [5.41, 5.74) is 3.61. The summed E-state index contributed by atoms with van der Waals surface area (Å²) in [6.45, 7) is 5.42. The fourth-order valence-electron chi connectivity index (χ4n) is 7.18. The van der Waals surface area contributed by atoms with Crippen LogP contribution in [0.15, 0.2) is 11.1 Å². The molecule has 3 saturated carbocycles. The Kier molecular flexibility index (Phi) is 4.44. The van der Waals surface area contributed by atoms with Crippen LogP contribution in [0, 0.1) is 28.6 Å². The van der Waals surface area contributed by atoms with Crippen LogP contribution >= 0.6 is 0 Å². The van der Waals surface area contributed by atoms with E-state index in [4.69, 9.17) is 9.47 Å². The molecular formula is C22H32O4. The van der Waals surface area contributed by atoms with E-state index in [-0.39, 0.29) is 23.4 Å². The smallest absolute Gasteiger partial charge is 0.309 e. The zero-order valence-corrected chi connectivity index (χ0v) is 16.4. The van der Waals surface area contributed by atoms with Crippen molar-refractivity contribution in [2.24, 2.45) is 28.6 Å². The Balaban J connectivity index is 1.63. The van der Waals surface area contributed by atoms with Crippen LogP contribution in [-0.2, 0) is 19.1 Å². The van der Waals surface area contributed by atoms with E-state index in [0.29, 0.717) is 23.7 Å². The first kappa shape index (κ1) is 18.1. The molecule has 0 aromatic heterocycles. The van der Waals surface area contributed by atoms with Gasteiger partial charge in [-0.25, -0.2) is 0 Å². The van der Waals surface area contributed by atoms with Gasteiger partial charge >= 0.3 is 5.97 Å². The van der Waals surface area contributed by atoms with Crippen LogP contribution in [0.2, 0.25) is 0 Å². The highest BCUT2D eigenvalue weighted by molar-refractivity contribution is 5.75. The van der Waals surface area contributed by atoms with E-state index in [1.165, 1.54) is 20.0 Å². The lowest BCUT2D eigenvalue weighted by atomic mass is 9.49. The summed E-state index contributed by atoms with van der Waals surface area (Å²) in [5, 5.41) is 0. The van der Waals surface area contributed by atoms with Crippen LogP contribution in [0.5, 0.6) is 0 Å². The van der Waals surface area contributed by atoms with Crippen molar-refractivity contribution >= 4 is 12.4 Å². The Morgan fingerprint density at radius 3 is 2.65 bits per heavy atom. The van der Waals surface area contributed by atoms with Crippen LogP contribution in [0.25, 0.3) is 0 Å². The quantitative estimate of drug-likeness (QED) is 0.425. The first-order valence-corrected chi connectivity index (χ1v) is 10.3. The number of hydrogen-bond donors (Lipinski definition) is 0. The van der Waals surface area contributed by atoms with E-state index in [1.807, 2.05) is 0 Å². The fraction of sp³-hybridized carbons (Fsp3) is 0.818. The molecule has 144 valence electrons. The lowest BCUT2D eigenvalue weighted by Gasteiger charge is -2.56. The highest BCUT2D eigenvalue weighted by atomic mass is 16.5. The molecule has 6 atom stereocenters. The SMILES string of the molecule is COC(=O)[C@H]1CCC2=C3CC[C@@H]4C[C@@H](OC=O)CC[C@]4(C)[C@H]3CC[C@@]21C. The van der Waals surface area contributed by atoms with Gasteiger partial charge in [-0.05, 0) is 75.0 Å². The van der Waals surface area contributed by atoms with E-state index in [9.17, 15) is 9.59 Å². The average molecular weight is 360 g/mol. The topological polar surface area (TPSA) is 52.6 Å². The van der Waals surface area contributed by atoms with Crippen LogP contribution in [0.4, 0.5) is 0 Å². The zero-order valence-electron chi connectivity index (χ0n) is 16.4. The number of esters is 1. The fourth-order valence-corrected chi connectivity index (χ4v) is 7.18. The molecule has 4 aliphatic carbocycles. The summed E-state index contributed by atoms with van der Waals surface area (Å²) in [7, 11) is 1.52. The van der Waals surface area contributed by atoms with Gasteiger partial charge < -0.3 is 9.47 Å². The van der Waals surface area contributed by atoms with Gasteiger partial charge in [-0.2, -0.15) is 0 Å². The number of rotatable bonds is 3. The second kappa shape index (κ2) is 6.38. The third-order valence-corrected chi connectivity index (χ3v) is 8.68. The molecule has 0 unspecified atom stereocenters. The number of ether oxygens (including phenoxy) is 2. The number of carbonyl (C=O) groups excluding carboxylic acids is 2. The first-order valence-electron chi connectivity index (χ1n) is 10.3. The largest absolute Gasteiger partial charge is 0.469 e. The molecule has 0 N–H and O–H groups in total. The van der Waals surface area contributed by atoms with Crippen molar-refractivity contribution in [3.8, 4) is 0 Å². The molecule has 0 radical (unpaired) electrons. The van der Waals surface area contributed by atoms with Crippen molar-refractivity contribution in [3.05, 3.63) is 11.1 Å². The van der Waals surface area contributed by atoms with Crippen molar-refractivity contribution < 1.29 is 19.1 Å². The predicted octanol–water partition coefficient (Wildman–Crippen LogP) is 4.42. The molecule has 0 aromatic rings. The van der Waals surface area contributed by atoms with E-state index in [1.54, 1.807) is 11.1 Å². The second-order valence-corrected chi connectivity index (χ2v) is 9.50. The van der Waals surface area contributed by atoms with Crippen molar-refractivity contribution in [2.45, 2.75) is 77.7 Å². The van der Waals surface area contributed by atoms with E-state index in [0.717, 1.165) is 44.9 Å². The van der Waals surface area contributed by atoms with Crippen LogP contribution < -0.4 is 0 Å². The van der Waals surface area contributed by atoms with Gasteiger partial charge in [-0.3, -0.25) is 9.59 Å². The summed E-state index contributed by atoms with van der Waals surface area (Å²) in [6, 6.07) is 0. The zero-order chi connectivity index (χ0) is 18.5. The minimum atomic E-state index is -0.0204. The van der Waals surface area contributed by atoms with Gasteiger partial charge in [0.2, 0.25) is 0 Å². The molecule has 4 nitrogen and oxygen atoms in total. The first-order chi connectivity index (χ1) is 12.4. The molecule has 26 heavy (non-hydrogen) atoms. The summed E-state index contributed by atoms with van der Waals surface area (Å²) >= 11 is 0. The summed E-state index contributed by atoms with van der Waals surface area (Å²) in [4.78, 5) is 23.1. The normalized spacial score (nSPS) is 44.6. The molecule has 0 spiro atoms. The third kappa shape index (κ3) is 2.47. The van der Waals surface area contributed by atoms with Gasteiger partial charge in [-0.1, -0.05) is 25.0 Å². The Hall–Kier alpha value is -1.32. The number of allylic oxidation sites excluding steroid dienone is 2. The number of hydrogen-bond acceptors (Lipinski definition) is 4. The van der Waals surface area contributed by atoms with Gasteiger partial charge in [-0.15, -0.1) is 0 Å². The summed E-state index contributed by atoms with van der Waals surface area (Å²) in [6.07, 6.45) is 9.95. The molecule has 0 heterocycles. The van der Waals surface area contributed by atoms with Crippen LogP contribution in [0.1, 0.15) is 71.6 Å². The maximum Gasteiger partial charge on any atom is 0.309 e. The summed E-state index contributed by atoms with van der Waals surface area (Å²) in [5.74, 6) is 1.32. The van der Waals surface area contributed by atoms with Gasteiger partial charge in [0.15, 0.2) is 0 Å². The lowest BCUT2D eigenvalue weighted by molar-refractivity contribution is -0.149. The Morgan fingerprint density at radius 2 is 1.92 bits per heavy atom. The van der Waals surface area contributed by atoms with E-state index >= 15 is 0 Å². The van der Waals surface area contributed by atoms with E-state index in [2.05, 4.69) is 13.8 Å². The molecule has 3 fully saturated rings. The Labute approximate surface area is 156 Å². The Bertz CT molecular complexity index is 638. The number of methoxy groups -OCH3 is 1. The number of fused-ring (bicyclic) bond motifs is 4. The van der Waals surface area contributed by atoms with Crippen molar-refractivity contribution in [2.75, 3.05) is 7.11 Å². The van der Waals surface area contributed by atoms with Gasteiger partial charge in [0.25, 0.3) is 6.47 Å². The van der Waals surface area contributed by atoms with Crippen molar-refractivity contribution in [1.82, 2.24) is 0 Å². The lowest BCUT2D eigenvalue weighted by Crippen LogP contribution is -2.48. The Morgan fingerprint density at radius 1 is 1.12 bits per heavy atom. The minimum absolute atomic E-state index is 0.0138. The van der Waals surface area contributed by atoms with Gasteiger partial charge in [0, 0.05) is 5.41 Å². The monoisotopic (exact) mass is 360 g/mol. The average Bonchev–Trinajstić information content (AvgIpc) is 2.99. The maximum atomic E-state index is 12.3. The molecule has 4 heteroatoms. The van der Waals surface area contributed by atoms with Crippen LogP contribution in [0.3, 0.4) is 0 Å². The highest BCUT2D eigenvalue weighted by Crippen LogP contribution is 2.65. The van der Waals surface area contributed by atoms with Crippen molar-refractivity contribution in [3.63, 3.8) is 0 Å².